The third-order valence-corrected chi connectivity index (χ3v) is 6.03. The van der Waals surface area contributed by atoms with Crippen LogP contribution in [0.4, 0.5) is 4.79 Å². The lowest BCUT2D eigenvalue weighted by Gasteiger charge is -2.44. The Bertz CT molecular complexity index is 1040. The minimum Gasteiger partial charge on any atom is -0.445 e. The summed E-state index contributed by atoms with van der Waals surface area (Å²) in [6, 6.07) is 20.3. The van der Waals surface area contributed by atoms with Crippen molar-refractivity contribution in [2.45, 2.75) is 44.4 Å². The zero-order chi connectivity index (χ0) is 20.3. The van der Waals surface area contributed by atoms with E-state index in [1.54, 1.807) is 0 Å². The summed E-state index contributed by atoms with van der Waals surface area (Å²) in [5, 5.41) is 4.54. The van der Waals surface area contributed by atoms with E-state index in [2.05, 4.69) is 17.4 Å². The molecule has 2 aromatic carbocycles. The largest absolute Gasteiger partial charge is 0.445 e. The molecule has 0 aliphatic carbocycles. The fourth-order valence-corrected chi connectivity index (χ4v) is 4.53. The number of para-hydroxylation sites is 1. The Labute approximate surface area is 176 Å². The number of ether oxygens (including phenoxy) is 1. The summed E-state index contributed by atoms with van der Waals surface area (Å²) in [6.45, 7) is 0.316. The number of carbonyl (C=O) groups excluding carboxylic acids is 1. The van der Waals surface area contributed by atoms with Crippen LogP contribution in [0.15, 0.2) is 79.1 Å². The van der Waals surface area contributed by atoms with Gasteiger partial charge in [-0.2, -0.15) is 5.10 Å². The van der Waals surface area contributed by atoms with E-state index in [1.807, 2.05) is 76.4 Å². The van der Waals surface area contributed by atoms with Gasteiger partial charge in [0, 0.05) is 17.8 Å². The highest BCUT2D eigenvalue weighted by Crippen LogP contribution is 2.37. The molecular weight excluding hydrogens is 374 g/mol. The lowest BCUT2D eigenvalue weighted by Crippen LogP contribution is -2.51. The van der Waals surface area contributed by atoms with Gasteiger partial charge in [-0.3, -0.25) is 4.90 Å². The van der Waals surface area contributed by atoms with Crippen molar-refractivity contribution in [2.75, 3.05) is 0 Å². The van der Waals surface area contributed by atoms with Crippen LogP contribution in [-0.2, 0) is 11.3 Å². The Kier molecular flexibility index (Phi) is 5.10. The van der Waals surface area contributed by atoms with Gasteiger partial charge in [-0.1, -0.05) is 54.6 Å². The van der Waals surface area contributed by atoms with Gasteiger partial charge in [-0.15, -0.1) is 0 Å². The molecule has 0 N–H and O–H groups in total. The molecule has 30 heavy (non-hydrogen) atoms. The summed E-state index contributed by atoms with van der Waals surface area (Å²) in [5.41, 5.74) is 4.47. The zero-order valence-corrected chi connectivity index (χ0v) is 16.9. The number of benzene rings is 2. The predicted molar refractivity (Wildman–Crippen MR) is 116 cm³/mol. The normalized spacial score (nSPS) is 20.5. The molecular formula is C25H25N3O2. The van der Waals surface area contributed by atoms with Gasteiger partial charge >= 0.3 is 6.09 Å². The van der Waals surface area contributed by atoms with Gasteiger partial charge in [-0.25, -0.2) is 9.48 Å². The van der Waals surface area contributed by atoms with Crippen molar-refractivity contribution in [3.8, 4) is 5.69 Å². The number of fused-ring (bicyclic) bond motifs is 2. The second-order valence-corrected chi connectivity index (χ2v) is 8.00. The van der Waals surface area contributed by atoms with Gasteiger partial charge in [0.2, 0.25) is 0 Å². The standard InChI is InChI=1S/C25H25N3O2/c29-25(30-18-19-8-3-1-4-9-19)28-23-12-7-13-24(28)15-20(14-23)21-16-26-27(17-21)22-10-5-2-6-11-22/h1-6,8-11,14,16-17,23-24H,7,12-13,15,18H2. The number of piperidine rings is 1. The maximum absolute atomic E-state index is 12.9. The average molecular weight is 399 g/mol. The molecule has 1 amide bonds. The predicted octanol–water partition coefficient (Wildman–Crippen LogP) is 5.22. The van der Waals surface area contributed by atoms with Crippen LogP contribution in [0.1, 0.15) is 36.8 Å². The van der Waals surface area contributed by atoms with Crippen molar-refractivity contribution in [2.24, 2.45) is 0 Å². The Morgan fingerprint density at radius 3 is 2.57 bits per heavy atom. The van der Waals surface area contributed by atoms with Crippen LogP contribution in [-0.4, -0.2) is 32.9 Å². The van der Waals surface area contributed by atoms with Crippen LogP contribution in [0.25, 0.3) is 11.3 Å². The van der Waals surface area contributed by atoms with Crippen LogP contribution in [0.5, 0.6) is 0 Å². The third kappa shape index (κ3) is 3.75. The summed E-state index contributed by atoms with van der Waals surface area (Å²) in [6.07, 6.45) is 10.0. The first kappa shape index (κ1) is 18.7. The molecule has 2 bridgehead atoms. The molecule has 0 radical (unpaired) electrons. The van der Waals surface area contributed by atoms with Crippen LogP contribution in [0.3, 0.4) is 0 Å². The lowest BCUT2D eigenvalue weighted by molar-refractivity contribution is 0.0510. The quantitative estimate of drug-likeness (QED) is 0.604. The Hall–Kier alpha value is -3.34. The minimum atomic E-state index is -0.205. The molecule has 0 spiro atoms. The topological polar surface area (TPSA) is 47.4 Å². The Morgan fingerprint density at radius 1 is 1.03 bits per heavy atom. The number of aromatic nitrogens is 2. The highest BCUT2D eigenvalue weighted by atomic mass is 16.6. The molecule has 2 aliphatic rings. The monoisotopic (exact) mass is 399 g/mol. The number of hydrogen-bond acceptors (Lipinski definition) is 3. The molecule has 2 atom stereocenters. The SMILES string of the molecule is O=C(OCc1ccccc1)N1C2C=C(c3cnn(-c4ccccc4)c3)CC1CCC2. The van der Waals surface area contributed by atoms with Crippen molar-refractivity contribution in [3.63, 3.8) is 0 Å². The Balaban J connectivity index is 1.32. The van der Waals surface area contributed by atoms with Gasteiger partial charge in [0.05, 0.1) is 17.9 Å². The molecule has 2 aliphatic heterocycles. The smallest absolute Gasteiger partial charge is 0.410 e. The lowest BCUT2D eigenvalue weighted by atomic mass is 9.84. The van der Waals surface area contributed by atoms with Crippen molar-refractivity contribution in [3.05, 3.63) is 90.3 Å². The van der Waals surface area contributed by atoms with E-state index in [-0.39, 0.29) is 18.2 Å². The summed E-state index contributed by atoms with van der Waals surface area (Å²) in [5.74, 6) is 0. The van der Waals surface area contributed by atoms with E-state index in [1.165, 1.54) is 5.57 Å². The number of carbonyl (C=O) groups is 1. The second kappa shape index (κ2) is 8.19. The molecule has 5 heteroatoms. The van der Waals surface area contributed by atoms with Gasteiger partial charge in [0.1, 0.15) is 6.61 Å². The third-order valence-electron chi connectivity index (χ3n) is 6.03. The highest BCUT2D eigenvalue weighted by molar-refractivity contribution is 5.74. The number of hydrogen-bond donors (Lipinski definition) is 0. The van der Waals surface area contributed by atoms with Gasteiger partial charge in [-0.05, 0) is 49.0 Å². The molecule has 1 aromatic heterocycles. The molecule has 152 valence electrons. The molecule has 3 heterocycles. The molecule has 5 nitrogen and oxygen atoms in total. The number of rotatable bonds is 4. The summed E-state index contributed by atoms with van der Waals surface area (Å²) < 4.78 is 7.56. The van der Waals surface area contributed by atoms with Crippen molar-refractivity contribution >= 4 is 11.7 Å². The molecule has 5 rings (SSSR count). The minimum absolute atomic E-state index is 0.0934. The van der Waals surface area contributed by atoms with E-state index in [0.29, 0.717) is 6.61 Å². The summed E-state index contributed by atoms with van der Waals surface area (Å²) >= 11 is 0. The molecule has 2 unspecified atom stereocenters. The van der Waals surface area contributed by atoms with E-state index in [9.17, 15) is 4.79 Å². The van der Waals surface area contributed by atoms with Crippen molar-refractivity contribution < 1.29 is 9.53 Å². The van der Waals surface area contributed by atoms with Crippen LogP contribution in [0, 0.1) is 0 Å². The molecule has 1 saturated heterocycles. The zero-order valence-electron chi connectivity index (χ0n) is 16.9. The van der Waals surface area contributed by atoms with Gasteiger partial charge in [0.15, 0.2) is 0 Å². The number of amides is 1. The maximum Gasteiger partial charge on any atom is 0.410 e. The fraction of sp³-hybridized carbons (Fsp3) is 0.280. The van der Waals surface area contributed by atoms with E-state index < -0.39 is 0 Å². The maximum atomic E-state index is 12.9. The average Bonchev–Trinajstić information content (AvgIpc) is 3.28. The first-order valence-electron chi connectivity index (χ1n) is 10.6. The Morgan fingerprint density at radius 2 is 1.80 bits per heavy atom. The van der Waals surface area contributed by atoms with Crippen molar-refractivity contribution in [1.29, 1.82) is 0 Å². The van der Waals surface area contributed by atoms with Crippen LogP contribution >= 0.6 is 0 Å². The molecule has 1 fully saturated rings. The van der Waals surface area contributed by atoms with E-state index in [0.717, 1.165) is 42.5 Å². The van der Waals surface area contributed by atoms with Crippen LogP contribution < -0.4 is 0 Å². The van der Waals surface area contributed by atoms with E-state index >= 15 is 0 Å². The highest BCUT2D eigenvalue weighted by Gasteiger charge is 2.38. The first-order valence-corrected chi connectivity index (χ1v) is 10.6. The van der Waals surface area contributed by atoms with Crippen molar-refractivity contribution in [1.82, 2.24) is 14.7 Å². The first-order chi connectivity index (χ1) is 14.8. The fourth-order valence-electron chi connectivity index (χ4n) is 4.53. The molecule has 0 saturated carbocycles. The summed E-state index contributed by atoms with van der Waals surface area (Å²) in [7, 11) is 0. The van der Waals surface area contributed by atoms with Gasteiger partial charge in [0.25, 0.3) is 0 Å². The van der Waals surface area contributed by atoms with Crippen LogP contribution in [0.2, 0.25) is 0 Å². The second-order valence-electron chi connectivity index (χ2n) is 8.00. The summed E-state index contributed by atoms with van der Waals surface area (Å²) in [4.78, 5) is 14.8. The number of nitrogens with zero attached hydrogens (tertiary/aromatic N) is 3. The molecule has 3 aromatic rings. The van der Waals surface area contributed by atoms with E-state index in [4.69, 9.17) is 4.74 Å². The van der Waals surface area contributed by atoms with Gasteiger partial charge < -0.3 is 4.74 Å².